The summed E-state index contributed by atoms with van der Waals surface area (Å²) in [7, 11) is 0. The third-order valence-corrected chi connectivity index (χ3v) is 4.55. The van der Waals surface area contributed by atoms with Crippen molar-refractivity contribution in [1.82, 2.24) is 4.98 Å². The average Bonchev–Trinajstić information content (AvgIpc) is 3.10. The molecule has 3 rings (SSSR count). The van der Waals surface area contributed by atoms with Crippen molar-refractivity contribution in [3.8, 4) is 11.3 Å². The molecule has 0 aliphatic rings. The minimum absolute atomic E-state index is 0.0942. The number of aryl methyl sites for hydroxylation is 1. The maximum absolute atomic E-state index is 12.1. The van der Waals surface area contributed by atoms with Crippen molar-refractivity contribution in [3.05, 3.63) is 70.5 Å². The molecule has 0 saturated carbocycles. The lowest BCUT2D eigenvalue weighted by molar-refractivity contribution is -0.116. The molecule has 0 aliphatic heterocycles. The predicted octanol–water partition coefficient (Wildman–Crippen LogP) is 3.48. The van der Waals surface area contributed by atoms with Crippen LogP contribution in [-0.2, 0) is 11.2 Å². The third-order valence-electron chi connectivity index (χ3n) is 3.64. The van der Waals surface area contributed by atoms with Crippen LogP contribution >= 0.6 is 11.3 Å². The summed E-state index contributed by atoms with van der Waals surface area (Å²) in [5.74, 6) is -0.584. The molecule has 0 radical (unpaired) electrons. The highest BCUT2D eigenvalue weighted by Crippen LogP contribution is 2.22. The topological polar surface area (TPSA) is 85.1 Å². The van der Waals surface area contributed by atoms with E-state index in [9.17, 15) is 9.59 Å². The summed E-state index contributed by atoms with van der Waals surface area (Å²) >= 11 is 1.56. The van der Waals surface area contributed by atoms with Crippen molar-refractivity contribution in [2.45, 2.75) is 12.8 Å². The van der Waals surface area contributed by atoms with E-state index >= 15 is 0 Å². The fourth-order valence-electron chi connectivity index (χ4n) is 2.33. The van der Waals surface area contributed by atoms with Gasteiger partial charge in [-0.05, 0) is 24.3 Å². The first kappa shape index (κ1) is 16.9. The standard InChI is InChI=1S/C19H17N3O2S/c20-19(24)14-6-8-15(9-7-14)21-17(23)10-11-18-22-16(12-25-18)13-4-2-1-3-5-13/h1-9,12H,10-11H2,(H2,20,24)(H,21,23). The van der Waals surface area contributed by atoms with E-state index in [1.54, 1.807) is 35.6 Å². The van der Waals surface area contributed by atoms with Gasteiger partial charge in [0.25, 0.3) is 0 Å². The molecule has 0 aliphatic carbocycles. The SMILES string of the molecule is NC(=O)c1ccc(NC(=O)CCc2nc(-c3ccccc3)cs2)cc1. The van der Waals surface area contributed by atoms with Gasteiger partial charge in [-0.25, -0.2) is 4.98 Å². The molecule has 0 bridgehead atoms. The van der Waals surface area contributed by atoms with E-state index in [-0.39, 0.29) is 5.91 Å². The maximum atomic E-state index is 12.1. The second-order valence-electron chi connectivity index (χ2n) is 5.48. The zero-order valence-electron chi connectivity index (χ0n) is 13.4. The Morgan fingerprint density at radius 1 is 1.04 bits per heavy atom. The van der Waals surface area contributed by atoms with Gasteiger partial charge in [0.2, 0.25) is 11.8 Å². The highest BCUT2D eigenvalue weighted by Gasteiger charge is 2.08. The van der Waals surface area contributed by atoms with E-state index in [1.165, 1.54) is 0 Å². The lowest BCUT2D eigenvalue weighted by atomic mass is 10.2. The highest BCUT2D eigenvalue weighted by molar-refractivity contribution is 7.09. The largest absolute Gasteiger partial charge is 0.366 e. The lowest BCUT2D eigenvalue weighted by Gasteiger charge is -2.05. The summed E-state index contributed by atoms with van der Waals surface area (Å²) < 4.78 is 0. The summed E-state index contributed by atoms with van der Waals surface area (Å²) in [6.45, 7) is 0. The summed E-state index contributed by atoms with van der Waals surface area (Å²) in [5, 5.41) is 5.74. The first-order valence-electron chi connectivity index (χ1n) is 7.81. The Kier molecular flexibility index (Phi) is 5.20. The number of nitrogens with one attached hydrogen (secondary N) is 1. The summed E-state index contributed by atoms with van der Waals surface area (Å²) in [5.41, 5.74) is 8.25. The van der Waals surface area contributed by atoms with Crippen LogP contribution in [0.2, 0.25) is 0 Å². The number of benzene rings is 2. The molecule has 2 amide bonds. The van der Waals surface area contributed by atoms with Crippen molar-refractivity contribution in [1.29, 1.82) is 0 Å². The van der Waals surface area contributed by atoms with Gasteiger partial charge in [0.1, 0.15) is 0 Å². The van der Waals surface area contributed by atoms with Gasteiger partial charge in [-0.1, -0.05) is 30.3 Å². The first-order valence-corrected chi connectivity index (χ1v) is 8.69. The summed E-state index contributed by atoms with van der Waals surface area (Å²) in [6.07, 6.45) is 0.933. The quantitative estimate of drug-likeness (QED) is 0.713. The van der Waals surface area contributed by atoms with Crippen molar-refractivity contribution in [2.75, 3.05) is 5.32 Å². The first-order chi connectivity index (χ1) is 12.1. The zero-order valence-corrected chi connectivity index (χ0v) is 14.3. The normalized spacial score (nSPS) is 10.4. The second kappa shape index (κ2) is 7.72. The summed E-state index contributed by atoms with van der Waals surface area (Å²) in [6, 6.07) is 16.5. The molecule has 25 heavy (non-hydrogen) atoms. The number of primary amides is 1. The van der Waals surface area contributed by atoms with Crippen LogP contribution in [0.5, 0.6) is 0 Å². The predicted molar refractivity (Wildman–Crippen MR) is 99.5 cm³/mol. The van der Waals surface area contributed by atoms with Crippen LogP contribution in [0.15, 0.2) is 60.0 Å². The number of nitrogens with zero attached hydrogens (tertiary/aromatic N) is 1. The molecule has 3 aromatic rings. The number of hydrogen-bond acceptors (Lipinski definition) is 4. The van der Waals surface area contributed by atoms with E-state index < -0.39 is 5.91 Å². The van der Waals surface area contributed by atoms with Crippen LogP contribution in [0.3, 0.4) is 0 Å². The number of aromatic nitrogens is 1. The van der Waals surface area contributed by atoms with E-state index in [0.717, 1.165) is 16.3 Å². The Labute approximate surface area is 149 Å². The van der Waals surface area contributed by atoms with Crippen molar-refractivity contribution in [3.63, 3.8) is 0 Å². The molecule has 6 heteroatoms. The highest BCUT2D eigenvalue weighted by atomic mass is 32.1. The molecule has 0 unspecified atom stereocenters. The number of nitrogens with two attached hydrogens (primary N) is 1. The molecule has 0 saturated heterocycles. The van der Waals surface area contributed by atoms with Crippen LogP contribution < -0.4 is 11.1 Å². The maximum Gasteiger partial charge on any atom is 0.248 e. The third kappa shape index (κ3) is 4.51. The number of carbonyl (C=O) groups is 2. The number of carbonyl (C=O) groups excluding carboxylic acids is 2. The number of thiazole rings is 1. The van der Waals surface area contributed by atoms with E-state index in [1.807, 2.05) is 35.7 Å². The van der Waals surface area contributed by atoms with Crippen molar-refractivity contribution in [2.24, 2.45) is 5.73 Å². The molecule has 1 heterocycles. The number of anilines is 1. The van der Waals surface area contributed by atoms with Crippen LogP contribution in [0, 0.1) is 0 Å². The molecule has 126 valence electrons. The monoisotopic (exact) mass is 351 g/mol. The minimum atomic E-state index is -0.490. The van der Waals surface area contributed by atoms with Gasteiger partial charge in [-0.3, -0.25) is 9.59 Å². The van der Waals surface area contributed by atoms with Crippen LogP contribution in [0.1, 0.15) is 21.8 Å². The Bertz CT molecular complexity index is 873. The molecule has 1 aromatic heterocycles. The smallest absolute Gasteiger partial charge is 0.248 e. The van der Waals surface area contributed by atoms with Gasteiger partial charge >= 0.3 is 0 Å². The number of hydrogen-bond donors (Lipinski definition) is 2. The number of amides is 2. The zero-order chi connectivity index (χ0) is 17.6. The van der Waals surface area contributed by atoms with Gasteiger partial charge in [0.15, 0.2) is 0 Å². The fourth-order valence-corrected chi connectivity index (χ4v) is 3.14. The van der Waals surface area contributed by atoms with Crippen LogP contribution in [-0.4, -0.2) is 16.8 Å². The molecule has 0 atom stereocenters. The van der Waals surface area contributed by atoms with Crippen LogP contribution in [0.25, 0.3) is 11.3 Å². The molecule has 0 spiro atoms. The molecule has 5 nitrogen and oxygen atoms in total. The molecule has 3 N–H and O–H groups in total. The Morgan fingerprint density at radius 3 is 2.44 bits per heavy atom. The van der Waals surface area contributed by atoms with E-state index in [2.05, 4.69) is 10.3 Å². The number of rotatable bonds is 6. The van der Waals surface area contributed by atoms with Crippen molar-refractivity contribution >= 4 is 28.8 Å². The molecular formula is C19H17N3O2S. The Hall–Kier alpha value is -2.99. The van der Waals surface area contributed by atoms with Crippen LogP contribution in [0.4, 0.5) is 5.69 Å². The lowest BCUT2D eigenvalue weighted by Crippen LogP contribution is -2.13. The molecular weight excluding hydrogens is 334 g/mol. The van der Waals surface area contributed by atoms with E-state index in [4.69, 9.17) is 5.73 Å². The average molecular weight is 351 g/mol. The fraction of sp³-hybridized carbons (Fsp3) is 0.105. The Balaban J connectivity index is 1.54. The van der Waals surface area contributed by atoms with Gasteiger partial charge in [0.05, 0.1) is 10.7 Å². The van der Waals surface area contributed by atoms with Gasteiger partial charge in [-0.15, -0.1) is 11.3 Å². The van der Waals surface area contributed by atoms with Gasteiger partial charge < -0.3 is 11.1 Å². The van der Waals surface area contributed by atoms with Gasteiger partial charge in [0, 0.05) is 35.0 Å². The van der Waals surface area contributed by atoms with E-state index in [0.29, 0.717) is 24.1 Å². The second-order valence-corrected chi connectivity index (χ2v) is 6.42. The summed E-state index contributed by atoms with van der Waals surface area (Å²) in [4.78, 5) is 27.7. The van der Waals surface area contributed by atoms with Crippen molar-refractivity contribution < 1.29 is 9.59 Å². The Morgan fingerprint density at radius 2 is 1.76 bits per heavy atom. The van der Waals surface area contributed by atoms with Gasteiger partial charge in [-0.2, -0.15) is 0 Å². The minimum Gasteiger partial charge on any atom is -0.366 e. The molecule has 0 fully saturated rings. The molecule has 2 aromatic carbocycles.